The molecule has 0 aliphatic carbocycles. The molecule has 8 nitrogen and oxygen atoms in total. The lowest BCUT2D eigenvalue weighted by molar-refractivity contribution is -0.122. The molecule has 4 aromatic rings. The first-order chi connectivity index (χ1) is 17.8. The van der Waals surface area contributed by atoms with Gasteiger partial charge in [-0.3, -0.25) is 14.2 Å². The topological polar surface area (TPSA) is 106 Å². The highest BCUT2D eigenvalue weighted by Gasteiger charge is 2.22. The lowest BCUT2D eigenvalue weighted by Gasteiger charge is -2.17. The van der Waals surface area contributed by atoms with Crippen molar-refractivity contribution in [2.75, 3.05) is 14.1 Å². The van der Waals surface area contributed by atoms with Crippen LogP contribution in [0.2, 0.25) is 5.02 Å². The van der Waals surface area contributed by atoms with Crippen LogP contribution in [0.5, 0.6) is 0 Å². The lowest BCUT2D eigenvalue weighted by atomic mass is 10.0. The fourth-order valence-corrected chi connectivity index (χ4v) is 4.19. The third-order valence-corrected chi connectivity index (χ3v) is 6.03. The summed E-state index contributed by atoms with van der Waals surface area (Å²) in [6.07, 6.45) is 0.415. The number of amides is 1. The summed E-state index contributed by atoms with van der Waals surface area (Å²) in [4.78, 5) is 28.2. The Kier molecular flexibility index (Phi) is 8.45. The van der Waals surface area contributed by atoms with E-state index < -0.39 is 6.04 Å². The van der Waals surface area contributed by atoms with E-state index in [1.54, 1.807) is 34.9 Å². The minimum Gasteiger partial charge on any atom is -0.347 e. The zero-order valence-electron chi connectivity index (χ0n) is 20.8. The Bertz CT molecular complexity index is 1370. The molecule has 0 aliphatic heterocycles. The van der Waals surface area contributed by atoms with Gasteiger partial charge in [0.1, 0.15) is 0 Å². The summed E-state index contributed by atoms with van der Waals surface area (Å²) in [6.45, 7) is 0.555. The average Bonchev–Trinajstić information content (AvgIpc) is 3.29. The van der Waals surface area contributed by atoms with E-state index in [-0.39, 0.29) is 18.2 Å². The maximum absolute atomic E-state index is 13.5. The van der Waals surface area contributed by atoms with E-state index in [9.17, 15) is 9.59 Å². The van der Waals surface area contributed by atoms with E-state index in [1.807, 2.05) is 67.5 Å². The Morgan fingerprint density at radius 3 is 2.30 bits per heavy atom. The van der Waals surface area contributed by atoms with E-state index in [2.05, 4.69) is 15.5 Å². The van der Waals surface area contributed by atoms with Crippen LogP contribution in [0, 0.1) is 0 Å². The number of nitrogens with one attached hydrogen (secondary N) is 1. The van der Waals surface area contributed by atoms with Crippen LogP contribution < -0.4 is 11.1 Å². The second-order valence-corrected chi connectivity index (χ2v) is 9.41. The molecule has 4 rings (SSSR count). The summed E-state index contributed by atoms with van der Waals surface area (Å²) in [7, 11) is 3.84. The van der Waals surface area contributed by atoms with Gasteiger partial charge in [-0.2, -0.15) is 0 Å². The van der Waals surface area contributed by atoms with Crippen molar-refractivity contribution in [3.05, 3.63) is 112 Å². The van der Waals surface area contributed by atoms with Gasteiger partial charge in [-0.15, -0.1) is 10.2 Å². The summed E-state index contributed by atoms with van der Waals surface area (Å²) in [5, 5.41) is 12.0. The van der Waals surface area contributed by atoms with Gasteiger partial charge < -0.3 is 16.0 Å². The van der Waals surface area contributed by atoms with E-state index in [0.29, 0.717) is 46.5 Å². The zero-order chi connectivity index (χ0) is 26.4. The van der Waals surface area contributed by atoms with Crippen molar-refractivity contribution in [3.8, 4) is 5.69 Å². The maximum atomic E-state index is 13.5. The lowest BCUT2D eigenvalue weighted by Crippen LogP contribution is -2.42. The van der Waals surface area contributed by atoms with Gasteiger partial charge in [-0.1, -0.05) is 72.3 Å². The molecule has 1 aromatic heterocycles. The molecule has 0 bridgehead atoms. The molecule has 0 aliphatic rings. The van der Waals surface area contributed by atoms with Gasteiger partial charge in [0.15, 0.2) is 17.4 Å². The molecule has 1 atom stereocenters. The van der Waals surface area contributed by atoms with Crippen LogP contribution in [-0.2, 0) is 24.3 Å². The van der Waals surface area contributed by atoms with Crippen molar-refractivity contribution in [2.45, 2.75) is 25.6 Å². The molecule has 1 amide bonds. The summed E-state index contributed by atoms with van der Waals surface area (Å²) >= 11 is 6.31. The number of halogens is 1. The predicted octanol–water partition coefficient (Wildman–Crippen LogP) is 3.40. The third-order valence-electron chi connectivity index (χ3n) is 5.79. The van der Waals surface area contributed by atoms with Crippen LogP contribution in [-0.4, -0.2) is 51.5 Å². The van der Waals surface area contributed by atoms with Crippen molar-refractivity contribution in [2.24, 2.45) is 5.73 Å². The van der Waals surface area contributed by atoms with Gasteiger partial charge in [-0.25, -0.2) is 0 Å². The smallest absolute Gasteiger partial charge is 0.237 e. The van der Waals surface area contributed by atoms with Gasteiger partial charge in [0.2, 0.25) is 5.91 Å². The van der Waals surface area contributed by atoms with Crippen LogP contribution in [0.4, 0.5) is 0 Å². The highest BCUT2D eigenvalue weighted by molar-refractivity contribution is 6.31. The van der Waals surface area contributed by atoms with E-state index in [4.69, 9.17) is 17.3 Å². The number of hydrogen-bond acceptors (Lipinski definition) is 6. The number of carbonyl (C=O) groups is 2. The first kappa shape index (κ1) is 26.2. The molecule has 0 saturated heterocycles. The van der Waals surface area contributed by atoms with Gasteiger partial charge >= 0.3 is 0 Å². The van der Waals surface area contributed by atoms with Gasteiger partial charge in [0.05, 0.1) is 24.8 Å². The Morgan fingerprint density at radius 1 is 0.973 bits per heavy atom. The van der Waals surface area contributed by atoms with Crippen molar-refractivity contribution >= 4 is 23.3 Å². The zero-order valence-corrected chi connectivity index (χ0v) is 21.5. The standard InChI is InChI=1S/C28H29ClN6O2/c1-34(2)18-26-33-32-25(17-31-28(37)23(30)15-19-9-5-3-6-10-19)35(26)24-14-13-21(29)16-22(24)27(36)20-11-7-4-8-12-20/h3-14,16,23H,15,17-18,30H2,1-2H3,(H,31,37)/t23-/m1/s1. The second kappa shape index (κ2) is 11.9. The highest BCUT2D eigenvalue weighted by atomic mass is 35.5. The molecular weight excluding hydrogens is 488 g/mol. The van der Waals surface area contributed by atoms with Crippen molar-refractivity contribution in [1.82, 2.24) is 25.0 Å². The first-order valence-corrected chi connectivity index (χ1v) is 12.3. The Hall–Kier alpha value is -3.85. The van der Waals surface area contributed by atoms with E-state index in [1.165, 1.54) is 0 Å². The number of hydrogen-bond donors (Lipinski definition) is 2. The van der Waals surface area contributed by atoms with Crippen LogP contribution in [0.3, 0.4) is 0 Å². The van der Waals surface area contributed by atoms with E-state index >= 15 is 0 Å². The molecule has 37 heavy (non-hydrogen) atoms. The number of carbonyl (C=O) groups excluding carboxylic acids is 2. The maximum Gasteiger partial charge on any atom is 0.237 e. The van der Waals surface area contributed by atoms with Gasteiger partial charge in [-0.05, 0) is 44.3 Å². The van der Waals surface area contributed by atoms with Crippen LogP contribution in [0.25, 0.3) is 5.69 Å². The van der Waals surface area contributed by atoms with Gasteiger partial charge in [0.25, 0.3) is 0 Å². The Morgan fingerprint density at radius 2 is 1.62 bits per heavy atom. The first-order valence-electron chi connectivity index (χ1n) is 11.9. The molecule has 0 fully saturated rings. The molecule has 190 valence electrons. The SMILES string of the molecule is CN(C)Cc1nnc(CNC(=O)[C@H](N)Cc2ccccc2)n1-c1ccc(Cl)cc1C(=O)c1ccccc1. The predicted molar refractivity (Wildman–Crippen MR) is 144 cm³/mol. The normalized spacial score (nSPS) is 11.9. The molecular formula is C28H29ClN6O2. The second-order valence-electron chi connectivity index (χ2n) is 8.98. The Labute approximate surface area is 221 Å². The molecule has 3 N–H and O–H groups in total. The number of rotatable bonds is 10. The van der Waals surface area contributed by atoms with Crippen LogP contribution >= 0.6 is 11.6 Å². The molecule has 0 radical (unpaired) electrons. The number of benzene rings is 3. The number of aromatic nitrogens is 3. The Balaban J connectivity index is 1.65. The quantitative estimate of drug-likeness (QED) is 0.313. The molecule has 0 saturated carbocycles. The number of nitrogens with zero attached hydrogens (tertiary/aromatic N) is 4. The minimum absolute atomic E-state index is 0.0867. The number of ketones is 1. The largest absolute Gasteiger partial charge is 0.347 e. The highest BCUT2D eigenvalue weighted by Crippen LogP contribution is 2.25. The van der Waals surface area contributed by atoms with Gasteiger partial charge in [0, 0.05) is 16.1 Å². The summed E-state index contributed by atoms with van der Waals surface area (Å²) in [5.74, 6) is 0.612. The molecule has 3 aromatic carbocycles. The average molecular weight is 517 g/mol. The summed E-state index contributed by atoms with van der Waals surface area (Å²) in [6, 6.07) is 23.0. The summed E-state index contributed by atoms with van der Waals surface area (Å²) < 4.78 is 1.80. The monoisotopic (exact) mass is 516 g/mol. The van der Waals surface area contributed by atoms with Crippen molar-refractivity contribution < 1.29 is 9.59 Å². The fourth-order valence-electron chi connectivity index (χ4n) is 4.02. The third kappa shape index (κ3) is 6.48. The van der Waals surface area contributed by atoms with Crippen LogP contribution in [0.1, 0.15) is 33.1 Å². The van der Waals surface area contributed by atoms with Crippen molar-refractivity contribution in [1.29, 1.82) is 0 Å². The molecule has 1 heterocycles. The molecule has 9 heteroatoms. The van der Waals surface area contributed by atoms with E-state index in [0.717, 1.165) is 5.56 Å². The fraction of sp³-hybridized carbons (Fsp3) is 0.214. The van der Waals surface area contributed by atoms with Crippen LogP contribution in [0.15, 0.2) is 78.9 Å². The minimum atomic E-state index is -0.717. The summed E-state index contributed by atoms with van der Waals surface area (Å²) in [5.41, 5.74) is 8.66. The van der Waals surface area contributed by atoms with Crippen molar-refractivity contribution in [3.63, 3.8) is 0 Å². The molecule has 0 unspecified atom stereocenters. The molecule has 0 spiro atoms. The number of nitrogens with two attached hydrogens (primary N) is 1.